The smallest absolute Gasteiger partial charge is 0.246 e. The second-order valence-electron chi connectivity index (χ2n) is 13.0. The van der Waals surface area contributed by atoms with Crippen molar-refractivity contribution in [1.29, 1.82) is 0 Å². The number of halogens is 1. The topological polar surface area (TPSA) is 60.9 Å². The maximum Gasteiger partial charge on any atom is 0.246 e. The van der Waals surface area contributed by atoms with Gasteiger partial charge < -0.3 is 14.9 Å². The molecular weight excluding hydrogens is 540 g/mol. The van der Waals surface area contributed by atoms with Gasteiger partial charge in [-0.2, -0.15) is 0 Å². The van der Waals surface area contributed by atoms with Crippen molar-refractivity contribution in [3.8, 4) is 0 Å². The van der Waals surface area contributed by atoms with Crippen molar-refractivity contribution in [3.05, 3.63) is 12.7 Å². The molecule has 4 rings (SSSR count). The van der Waals surface area contributed by atoms with E-state index in [0.29, 0.717) is 30.7 Å². The predicted octanol–water partition coefficient (Wildman–Crippen LogP) is 6.53. The van der Waals surface area contributed by atoms with Crippen molar-refractivity contribution in [3.63, 3.8) is 0 Å². The molecule has 2 saturated heterocycles. The standard InChI is InChI=1S/C30H49BrN2O3.C2H6/c1-6-28(35)32-16-20(5)29-23(14-22-8-7-21(18(2)3)13-19(22)4)11-12-33(26(29)17-32)30(36)24-9-10-25(31)27(34)15-24;1-2/h6,18-27,29,34H,1,7-17H2,2-5H3;1-2H3. The van der Waals surface area contributed by atoms with Gasteiger partial charge in [-0.15, -0.1) is 0 Å². The number of aliphatic hydroxyl groups is 1. The van der Waals surface area contributed by atoms with E-state index in [9.17, 15) is 14.7 Å². The van der Waals surface area contributed by atoms with Gasteiger partial charge in [0.15, 0.2) is 0 Å². The minimum absolute atomic E-state index is 0.0225. The van der Waals surface area contributed by atoms with Crippen LogP contribution in [0.5, 0.6) is 0 Å². The molecule has 0 radical (unpaired) electrons. The highest BCUT2D eigenvalue weighted by molar-refractivity contribution is 9.09. The molecule has 4 aliphatic rings. The monoisotopic (exact) mass is 594 g/mol. The normalized spacial score (nSPS) is 39.6. The largest absolute Gasteiger partial charge is 0.392 e. The SMILES string of the molecule is C=CC(=O)N1CC(C)C2C(CC3CCC(C(C)C)CC3C)CCN(C(=O)C3CCC(Br)C(O)C3)C2C1.CC. The number of nitrogens with zero attached hydrogens (tertiary/aromatic N) is 2. The van der Waals surface area contributed by atoms with Crippen molar-refractivity contribution in [2.24, 2.45) is 47.3 Å². The number of likely N-dealkylation sites (tertiary alicyclic amines) is 2. The molecule has 38 heavy (non-hydrogen) atoms. The zero-order chi connectivity index (χ0) is 28.1. The van der Waals surface area contributed by atoms with E-state index < -0.39 is 6.10 Å². The third kappa shape index (κ3) is 7.06. The van der Waals surface area contributed by atoms with Gasteiger partial charge >= 0.3 is 0 Å². The molecule has 10 unspecified atom stereocenters. The average molecular weight is 596 g/mol. The van der Waals surface area contributed by atoms with Crippen molar-refractivity contribution in [2.45, 2.75) is 110 Å². The van der Waals surface area contributed by atoms with Gasteiger partial charge in [-0.1, -0.05) is 64.1 Å². The summed E-state index contributed by atoms with van der Waals surface area (Å²) in [5.41, 5.74) is 0. The summed E-state index contributed by atoms with van der Waals surface area (Å²) in [5, 5.41) is 10.4. The van der Waals surface area contributed by atoms with Gasteiger partial charge in [0.1, 0.15) is 0 Å². The van der Waals surface area contributed by atoms with Crippen molar-refractivity contribution in [1.82, 2.24) is 9.80 Å². The first kappa shape index (κ1) is 31.6. The average Bonchev–Trinajstić information content (AvgIpc) is 2.91. The van der Waals surface area contributed by atoms with Crippen molar-refractivity contribution >= 4 is 27.7 Å². The third-order valence-electron chi connectivity index (χ3n) is 10.5. The Morgan fingerprint density at radius 3 is 2.32 bits per heavy atom. The van der Waals surface area contributed by atoms with Crippen LogP contribution in [0.1, 0.15) is 92.9 Å². The lowest BCUT2D eigenvalue weighted by Gasteiger charge is -2.55. The Morgan fingerprint density at radius 1 is 1.00 bits per heavy atom. The zero-order valence-corrected chi connectivity index (χ0v) is 26.5. The number of hydrogen-bond acceptors (Lipinski definition) is 3. The number of rotatable bonds is 5. The lowest BCUT2D eigenvalue weighted by atomic mass is 9.63. The molecule has 2 aliphatic carbocycles. The minimum atomic E-state index is -0.465. The molecule has 0 spiro atoms. The Balaban J connectivity index is 0.00000195. The first-order chi connectivity index (χ1) is 18.1. The number of fused-ring (bicyclic) bond motifs is 1. The molecule has 2 amide bonds. The molecule has 2 aliphatic heterocycles. The van der Waals surface area contributed by atoms with E-state index in [0.717, 1.165) is 56.0 Å². The maximum atomic E-state index is 13.8. The second kappa shape index (κ2) is 14.1. The summed E-state index contributed by atoms with van der Waals surface area (Å²) in [7, 11) is 0. The van der Waals surface area contributed by atoms with Gasteiger partial charge in [-0.05, 0) is 98.9 Å². The van der Waals surface area contributed by atoms with E-state index in [1.165, 1.54) is 31.8 Å². The molecule has 0 aromatic heterocycles. The van der Waals surface area contributed by atoms with Crippen LogP contribution < -0.4 is 0 Å². The molecule has 0 aromatic carbocycles. The molecule has 10 atom stereocenters. The zero-order valence-electron chi connectivity index (χ0n) is 24.9. The minimum Gasteiger partial charge on any atom is -0.392 e. The van der Waals surface area contributed by atoms with Gasteiger partial charge in [0.05, 0.1) is 12.1 Å². The number of alkyl halides is 1. The van der Waals surface area contributed by atoms with Crippen LogP contribution in [0.3, 0.4) is 0 Å². The van der Waals surface area contributed by atoms with E-state index in [1.807, 2.05) is 18.7 Å². The Bertz CT molecular complexity index is 804. The van der Waals surface area contributed by atoms with E-state index >= 15 is 0 Å². The van der Waals surface area contributed by atoms with E-state index in [2.05, 4.69) is 55.1 Å². The predicted molar refractivity (Wildman–Crippen MR) is 160 cm³/mol. The fraction of sp³-hybridized carbons (Fsp3) is 0.875. The van der Waals surface area contributed by atoms with E-state index in [1.54, 1.807) is 0 Å². The van der Waals surface area contributed by atoms with Crippen molar-refractivity contribution in [2.75, 3.05) is 19.6 Å². The first-order valence-electron chi connectivity index (χ1n) is 15.6. The highest BCUT2D eigenvalue weighted by Gasteiger charge is 2.49. The van der Waals surface area contributed by atoms with Crippen LogP contribution in [0.15, 0.2) is 12.7 Å². The summed E-state index contributed by atoms with van der Waals surface area (Å²) in [6.07, 6.45) is 9.52. The molecule has 218 valence electrons. The number of carbonyl (C=O) groups is 2. The summed E-state index contributed by atoms with van der Waals surface area (Å²) in [6.45, 7) is 19.4. The summed E-state index contributed by atoms with van der Waals surface area (Å²) < 4.78 is 0. The van der Waals surface area contributed by atoms with Gasteiger partial charge in [-0.3, -0.25) is 9.59 Å². The number of hydrogen-bond donors (Lipinski definition) is 1. The molecule has 1 N–H and O–H groups in total. The number of piperidine rings is 2. The highest BCUT2D eigenvalue weighted by atomic mass is 79.9. The third-order valence-corrected chi connectivity index (χ3v) is 11.6. The molecular formula is C32H55BrN2O3. The van der Waals surface area contributed by atoms with Crippen LogP contribution in [0.2, 0.25) is 0 Å². The van der Waals surface area contributed by atoms with Crippen LogP contribution in [-0.4, -0.2) is 63.3 Å². The Labute approximate surface area is 241 Å². The van der Waals surface area contributed by atoms with Gasteiger partial charge in [0.2, 0.25) is 11.8 Å². The molecule has 6 heteroatoms. The summed E-state index contributed by atoms with van der Waals surface area (Å²) in [4.78, 5) is 30.6. The molecule has 5 nitrogen and oxygen atoms in total. The first-order valence-corrected chi connectivity index (χ1v) is 16.6. The summed E-state index contributed by atoms with van der Waals surface area (Å²) in [5.74, 6) is 4.65. The van der Waals surface area contributed by atoms with Gasteiger partial charge in [-0.25, -0.2) is 0 Å². The quantitative estimate of drug-likeness (QED) is 0.290. The molecule has 2 heterocycles. The van der Waals surface area contributed by atoms with E-state index in [-0.39, 0.29) is 28.6 Å². The molecule has 4 fully saturated rings. The fourth-order valence-corrected chi connectivity index (χ4v) is 8.77. The summed E-state index contributed by atoms with van der Waals surface area (Å²) >= 11 is 3.56. The van der Waals surface area contributed by atoms with Crippen molar-refractivity contribution < 1.29 is 14.7 Å². The fourth-order valence-electron chi connectivity index (χ4n) is 8.29. The Hall–Kier alpha value is -0.880. The van der Waals surface area contributed by atoms with Gasteiger partial charge in [0.25, 0.3) is 0 Å². The molecule has 0 aromatic rings. The van der Waals surface area contributed by atoms with Crippen LogP contribution in [0.25, 0.3) is 0 Å². The van der Waals surface area contributed by atoms with E-state index in [4.69, 9.17) is 0 Å². The molecule has 0 bridgehead atoms. The molecule has 2 saturated carbocycles. The lowest BCUT2D eigenvalue weighted by Crippen LogP contribution is -2.64. The number of carbonyl (C=O) groups excluding carboxylic acids is 2. The van der Waals surface area contributed by atoms with Crippen LogP contribution in [0.4, 0.5) is 0 Å². The van der Waals surface area contributed by atoms with Gasteiger partial charge in [0, 0.05) is 30.4 Å². The Kier molecular flexibility index (Phi) is 11.8. The highest BCUT2D eigenvalue weighted by Crippen LogP contribution is 2.47. The maximum absolute atomic E-state index is 13.8. The second-order valence-corrected chi connectivity index (χ2v) is 14.2. The Morgan fingerprint density at radius 2 is 1.71 bits per heavy atom. The van der Waals surface area contributed by atoms with Crippen LogP contribution in [0, 0.1) is 47.3 Å². The van der Waals surface area contributed by atoms with Crippen LogP contribution >= 0.6 is 15.9 Å². The lowest BCUT2D eigenvalue weighted by molar-refractivity contribution is -0.153. The summed E-state index contributed by atoms with van der Waals surface area (Å²) in [6, 6.07) is 0.0741. The number of aliphatic hydroxyl groups excluding tert-OH is 1. The van der Waals surface area contributed by atoms with Crippen LogP contribution in [-0.2, 0) is 9.59 Å². The number of amides is 2.